The normalized spacial score (nSPS) is 10.6. The fourth-order valence-electron chi connectivity index (χ4n) is 1.38. The van der Waals surface area contributed by atoms with Gasteiger partial charge in [-0.15, -0.1) is 0 Å². The van der Waals surface area contributed by atoms with Gasteiger partial charge in [-0.1, -0.05) is 13.8 Å². The lowest BCUT2D eigenvalue weighted by Crippen LogP contribution is -2.34. The van der Waals surface area contributed by atoms with E-state index in [1.165, 1.54) is 0 Å². The zero-order chi connectivity index (χ0) is 11.0. The zero-order valence-electron chi connectivity index (χ0n) is 10.0. The Morgan fingerprint density at radius 1 is 1.00 bits per heavy atom. The van der Waals surface area contributed by atoms with Crippen LogP contribution in [0.25, 0.3) is 0 Å². The smallest absolute Gasteiger partial charge is 0.223 e. The lowest BCUT2D eigenvalue weighted by molar-refractivity contribution is -0.131. The van der Waals surface area contributed by atoms with Gasteiger partial charge in [0.2, 0.25) is 5.91 Å². The maximum Gasteiger partial charge on any atom is 0.223 e. The monoisotopic (exact) mass is 200 g/mol. The molecule has 0 aromatic rings. The Bertz CT molecular complexity index is 151. The molecule has 0 aliphatic heterocycles. The standard InChI is InChI=1S/C11H24N2O/c1-5-8-13(9-6-2)11(14)7-10-12(3)4/h5-10H2,1-4H3. The van der Waals surface area contributed by atoms with Crippen molar-refractivity contribution >= 4 is 5.91 Å². The molecule has 0 aliphatic carbocycles. The molecule has 0 N–H and O–H groups in total. The average molecular weight is 200 g/mol. The largest absolute Gasteiger partial charge is 0.343 e. The van der Waals surface area contributed by atoms with Crippen molar-refractivity contribution in [2.24, 2.45) is 0 Å². The van der Waals surface area contributed by atoms with Crippen molar-refractivity contribution in [3.63, 3.8) is 0 Å². The van der Waals surface area contributed by atoms with Gasteiger partial charge in [0.25, 0.3) is 0 Å². The van der Waals surface area contributed by atoms with Crippen molar-refractivity contribution in [2.75, 3.05) is 33.7 Å². The second-order valence-electron chi connectivity index (χ2n) is 3.93. The predicted octanol–water partition coefficient (Wildman–Crippen LogP) is 1.59. The van der Waals surface area contributed by atoms with Crippen LogP contribution in [-0.4, -0.2) is 49.4 Å². The van der Waals surface area contributed by atoms with E-state index < -0.39 is 0 Å². The summed E-state index contributed by atoms with van der Waals surface area (Å²) in [6.07, 6.45) is 2.74. The van der Waals surface area contributed by atoms with Gasteiger partial charge in [0.1, 0.15) is 0 Å². The molecule has 0 saturated heterocycles. The lowest BCUT2D eigenvalue weighted by Gasteiger charge is -2.22. The van der Waals surface area contributed by atoms with Gasteiger partial charge in [0.15, 0.2) is 0 Å². The summed E-state index contributed by atoms with van der Waals surface area (Å²) < 4.78 is 0. The van der Waals surface area contributed by atoms with Gasteiger partial charge in [-0.05, 0) is 26.9 Å². The molecule has 0 rings (SSSR count). The molecule has 3 nitrogen and oxygen atoms in total. The van der Waals surface area contributed by atoms with E-state index in [2.05, 4.69) is 13.8 Å². The van der Waals surface area contributed by atoms with Crippen LogP contribution in [0.15, 0.2) is 0 Å². The fourth-order valence-corrected chi connectivity index (χ4v) is 1.38. The van der Waals surface area contributed by atoms with Crippen LogP contribution in [0.2, 0.25) is 0 Å². The molecule has 0 radical (unpaired) electrons. The van der Waals surface area contributed by atoms with E-state index in [-0.39, 0.29) is 0 Å². The van der Waals surface area contributed by atoms with Gasteiger partial charge in [-0.25, -0.2) is 0 Å². The number of amides is 1. The van der Waals surface area contributed by atoms with Gasteiger partial charge < -0.3 is 9.80 Å². The minimum atomic E-state index is 0.294. The van der Waals surface area contributed by atoms with E-state index in [1.54, 1.807) is 0 Å². The van der Waals surface area contributed by atoms with Crippen molar-refractivity contribution in [1.82, 2.24) is 9.80 Å². The number of carbonyl (C=O) groups excluding carboxylic acids is 1. The number of carbonyl (C=O) groups is 1. The lowest BCUT2D eigenvalue weighted by atomic mass is 10.3. The SMILES string of the molecule is CCCN(CCC)C(=O)CCN(C)C. The number of rotatable bonds is 7. The molecule has 0 saturated carbocycles. The summed E-state index contributed by atoms with van der Waals surface area (Å²) in [6.45, 7) is 6.88. The number of hydrogen-bond donors (Lipinski definition) is 0. The van der Waals surface area contributed by atoms with Crippen LogP contribution >= 0.6 is 0 Å². The van der Waals surface area contributed by atoms with Crippen LogP contribution < -0.4 is 0 Å². The van der Waals surface area contributed by atoms with Gasteiger partial charge >= 0.3 is 0 Å². The summed E-state index contributed by atoms with van der Waals surface area (Å²) in [5, 5.41) is 0. The Balaban J connectivity index is 3.88. The zero-order valence-corrected chi connectivity index (χ0v) is 10.0. The van der Waals surface area contributed by atoms with E-state index >= 15 is 0 Å². The van der Waals surface area contributed by atoms with Gasteiger partial charge in [0, 0.05) is 26.1 Å². The first kappa shape index (κ1) is 13.4. The predicted molar refractivity (Wildman–Crippen MR) is 60.3 cm³/mol. The van der Waals surface area contributed by atoms with E-state index in [4.69, 9.17) is 0 Å². The minimum Gasteiger partial charge on any atom is -0.343 e. The van der Waals surface area contributed by atoms with E-state index in [0.717, 1.165) is 32.5 Å². The second kappa shape index (κ2) is 7.80. The molecule has 0 aliphatic rings. The molecule has 84 valence electrons. The van der Waals surface area contributed by atoms with Gasteiger partial charge in [0.05, 0.1) is 0 Å². The van der Waals surface area contributed by atoms with Crippen LogP contribution in [0, 0.1) is 0 Å². The third-order valence-corrected chi connectivity index (χ3v) is 2.11. The van der Waals surface area contributed by atoms with Crippen LogP contribution in [0.5, 0.6) is 0 Å². The Morgan fingerprint density at radius 3 is 1.86 bits per heavy atom. The molecular weight excluding hydrogens is 176 g/mol. The topological polar surface area (TPSA) is 23.6 Å². The molecular formula is C11H24N2O. The molecule has 0 aromatic heterocycles. The second-order valence-corrected chi connectivity index (χ2v) is 3.93. The van der Waals surface area contributed by atoms with E-state index in [1.807, 2.05) is 23.9 Å². The Labute approximate surface area is 88.1 Å². The summed E-state index contributed by atoms with van der Waals surface area (Å²) in [4.78, 5) is 15.8. The summed E-state index contributed by atoms with van der Waals surface area (Å²) in [5.74, 6) is 0.294. The average Bonchev–Trinajstić information content (AvgIpc) is 2.14. The molecule has 0 atom stereocenters. The first-order chi connectivity index (χ1) is 6.61. The molecule has 14 heavy (non-hydrogen) atoms. The van der Waals surface area contributed by atoms with Crippen molar-refractivity contribution in [2.45, 2.75) is 33.1 Å². The molecule has 3 heteroatoms. The first-order valence-electron chi connectivity index (χ1n) is 5.54. The summed E-state index contributed by atoms with van der Waals surface area (Å²) >= 11 is 0. The highest BCUT2D eigenvalue weighted by molar-refractivity contribution is 5.76. The van der Waals surface area contributed by atoms with Crippen LogP contribution in [0.3, 0.4) is 0 Å². The Kier molecular flexibility index (Phi) is 7.48. The summed E-state index contributed by atoms with van der Waals surface area (Å²) in [6, 6.07) is 0. The van der Waals surface area contributed by atoms with Crippen molar-refractivity contribution in [1.29, 1.82) is 0 Å². The maximum absolute atomic E-state index is 11.7. The summed E-state index contributed by atoms with van der Waals surface area (Å²) in [5.41, 5.74) is 0. The van der Waals surface area contributed by atoms with Crippen LogP contribution in [-0.2, 0) is 4.79 Å². The quantitative estimate of drug-likeness (QED) is 0.623. The third kappa shape index (κ3) is 5.97. The van der Waals surface area contributed by atoms with Crippen molar-refractivity contribution < 1.29 is 4.79 Å². The van der Waals surface area contributed by atoms with Crippen molar-refractivity contribution in [3.8, 4) is 0 Å². The maximum atomic E-state index is 11.7. The summed E-state index contributed by atoms with van der Waals surface area (Å²) in [7, 11) is 3.99. The Morgan fingerprint density at radius 2 is 1.50 bits per heavy atom. The van der Waals surface area contributed by atoms with Crippen LogP contribution in [0.4, 0.5) is 0 Å². The highest BCUT2D eigenvalue weighted by atomic mass is 16.2. The number of nitrogens with zero attached hydrogens (tertiary/aromatic N) is 2. The molecule has 0 unspecified atom stereocenters. The van der Waals surface area contributed by atoms with Gasteiger partial charge in [-0.3, -0.25) is 4.79 Å². The first-order valence-corrected chi connectivity index (χ1v) is 5.54. The Hall–Kier alpha value is -0.570. The van der Waals surface area contributed by atoms with Gasteiger partial charge in [-0.2, -0.15) is 0 Å². The van der Waals surface area contributed by atoms with Crippen molar-refractivity contribution in [3.05, 3.63) is 0 Å². The number of hydrogen-bond acceptors (Lipinski definition) is 2. The minimum absolute atomic E-state index is 0.294. The third-order valence-electron chi connectivity index (χ3n) is 2.11. The molecule has 0 heterocycles. The molecule has 1 amide bonds. The van der Waals surface area contributed by atoms with E-state index in [0.29, 0.717) is 12.3 Å². The highest BCUT2D eigenvalue weighted by Gasteiger charge is 2.10. The van der Waals surface area contributed by atoms with E-state index in [9.17, 15) is 4.79 Å². The molecule has 0 bridgehead atoms. The fraction of sp³-hybridized carbons (Fsp3) is 0.909. The molecule has 0 spiro atoms. The van der Waals surface area contributed by atoms with Crippen LogP contribution in [0.1, 0.15) is 33.1 Å². The molecule has 0 aromatic carbocycles. The highest BCUT2D eigenvalue weighted by Crippen LogP contribution is 1.99. The molecule has 0 fully saturated rings.